The predicted molar refractivity (Wildman–Crippen MR) is 54.9 cm³/mol. The zero-order valence-corrected chi connectivity index (χ0v) is 8.83. The fourth-order valence-corrected chi connectivity index (χ4v) is 1.33. The van der Waals surface area contributed by atoms with E-state index in [9.17, 15) is 18.3 Å². The van der Waals surface area contributed by atoms with Crippen molar-refractivity contribution in [1.82, 2.24) is 5.32 Å². The Labute approximate surface area is 92.1 Å². The van der Waals surface area contributed by atoms with Crippen LogP contribution in [0.2, 0.25) is 0 Å². The molecule has 0 aromatic heterocycles. The summed E-state index contributed by atoms with van der Waals surface area (Å²) in [5, 5.41) is 12.0. The van der Waals surface area contributed by atoms with Gasteiger partial charge in [0.05, 0.1) is 12.6 Å². The van der Waals surface area contributed by atoms with Crippen LogP contribution in [0.5, 0.6) is 0 Å². The first-order valence-electron chi connectivity index (χ1n) is 4.93. The SMILES string of the molecule is CC(NCC(F)(F)F)C(O)c1ccccc1. The highest BCUT2D eigenvalue weighted by Gasteiger charge is 2.28. The molecule has 0 aliphatic heterocycles. The van der Waals surface area contributed by atoms with Crippen molar-refractivity contribution >= 4 is 0 Å². The van der Waals surface area contributed by atoms with Crippen molar-refractivity contribution in [3.8, 4) is 0 Å². The molecule has 0 bridgehead atoms. The minimum Gasteiger partial charge on any atom is -0.387 e. The monoisotopic (exact) mass is 233 g/mol. The fraction of sp³-hybridized carbons (Fsp3) is 0.455. The van der Waals surface area contributed by atoms with Crippen molar-refractivity contribution in [3.63, 3.8) is 0 Å². The van der Waals surface area contributed by atoms with Gasteiger partial charge in [-0.1, -0.05) is 30.3 Å². The highest BCUT2D eigenvalue weighted by atomic mass is 19.4. The van der Waals surface area contributed by atoms with Gasteiger partial charge >= 0.3 is 6.18 Å². The number of halogens is 3. The van der Waals surface area contributed by atoms with Gasteiger partial charge in [-0.3, -0.25) is 0 Å². The lowest BCUT2D eigenvalue weighted by Crippen LogP contribution is -2.38. The van der Waals surface area contributed by atoms with Gasteiger partial charge in [-0.05, 0) is 12.5 Å². The number of nitrogens with one attached hydrogen (secondary N) is 1. The van der Waals surface area contributed by atoms with E-state index in [-0.39, 0.29) is 0 Å². The molecular weight excluding hydrogens is 219 g/mol. The van der Waals surface area contributed by atoms with Crippen molar-refractivity contribution in [3.05, 3.63) is 35.9 Å². The molecule has 90 valence electrons. The van der Waals surface area contributed by atoms with Crippen LogP contribution in [0.4, 0.5) is 13.2 Å². The number of aliphatic hydroxyl groups is 1. The minimum absolute atomic E-state index is 0.602. The summed E-state index contributed by atoms with van der Waals surface area (Å²) in [6.07, 6.45) is -5.20. The maximum atomic E-state index is 11.9. The van der Waals surface area contributed by atoms with Crippen LogP contribution in [0.1, 0.15) is 18.6 Å². The van der Waals surface area contributed by atoms with Crippen LogP contribution in [-0.2, 0) is 0 Å². The van der Waals surface area contributed by atoms with Gasteiger partial charge in [0.1, 0.15) is 0 Å². The summed E-state index contributed by atoms with van der Waals surface area (Å²) in [6.45, 7) is 0.418. The molecule has 2 nitrogen and oxygen atoms in total. The molecule has 2 N–H and O–H groups in total. The van der Waals surface area contributed by atoms with Gasteiger partial charge < -0.3 is 10.4 Å². The highest BCUT2D eigenvalue weighted by Crippen LogP contribution is 2.18. The number of aliphatic hydroxyl groups excluding tert-OH is 1. The molecule has 2 atom stereocenters. The van der Waals surface area contributed by atoms with E-state index in [1.165, 1.54) is 6.92 Å². The maximum Gasteiger partial charge on any atom is 0.401 e. The van der Waals surface area contributed by atoms with Crippen molar-refractivity contribution in [2.24, 2.45) is 0 Å². The minimum atomic E-state index is -4.26. The highest BCUT2D eigenvalue weighted by molar-refractivity contribution is 5.18. The molecule has 5 heteroatoms. The topological polar surface area (TPSA) is 32.3 Å². The molecule has 0 spiro atoms. The van der Waals surface area contributed by atoms with Crippen molar-refractivity contribution < 1.29 is 18.3 Å². The smallest absolute Gasteiger partial charge is 0.387 e. The van der Waals surface area contributed by atoms with Gasteiger partial charge in [0, 0.05) is 6.04 Å². The summed E-state index contributed by atoms with van der Waals surface area (Å²) in [7, 11) is 0. The molecule has 0 aliphatic carbocycles. The van der Waals surface area contributed by atoms with Crippen LogP contribution < -0.4 is 5.32 Å². The number of hydrogen-bond acceptors (Lipinski definition) is 2. The Hall–Kier alpha value is -1.07. The molecule has 0 amide bonds. The molecular formula is C11H14F3NO. The molecule has 0 heterocycles. The van der Waals surface area contributed by atoms with E-state index in [2.05, 4.69) is 5.32 Å². The molecule has 1 aromatic rings. The predicted octanol–water partition coefficient (Wildman–Crippen LogP) is 2.26. The number of hydrogen-bond donors (Lipinski definition) is 2. The van der Waals surface area contributed by atoms with Crippen molar-refractivity contribution in [1.29, 1.82) is 0 Å². The lowest BCUT2D eigenvalue weighted by molar-refractivity contribution is -0.127. The molecule has 0 aliphatic rings. The Morgan fingerprint density at radius 3 is 2.31 bits per heavy atom. The molecule has 0 saturated heterocycles. The second-order valence-electron chi connectivity index (χ2n) is 3.64. The Bertz CT molecular complexity index is 313. The maximum absolute atomic E-state index is 11.9. The first-order chi connectivity index (χ1) is 7.40. The first kappa shape index (κ1) is 13.0. The molecule has 1 aromatic carbocycles. The molecule has 0 saturated carbocycles. The first-order valence-corrected chi connectivity index (χ1v) is 4.93. The number of benzene rings is 1. The van der Waals surface area contributed by atoms with Crippen molar-refractivity contribution in [2.45, 2.75) is 25.2 Å². The van der Waals surface area contributed by atoms with Crippen LogP contribution in [0.3, 0.4) is 0 Å². The Kier molecular flexibility index (Phi) is 4.32. The van der Waals surface area contributed by atoms with Gasteiger partial charge in [0.25, 0.3) is 0 Å². The van der Waals surface area contributed by atoms with E-state index in [1.54, 1.807) is 30.3 Å². The molecule has 0 radical (unpaired) electrons. The summed E-state index contributed by atoms with van der Waals surface area (Å²) < 4.78 is 35.8. The summed E-state index contributed by atoms with van der Waals surface area (Å²) >= 11 is 0. The molecule has 2 unspecified atom stereocenters. The third-order valence-electron chi connectivity index (χ3n) is 2.24. The van der Waals surface area contributed by atoms with Gasteiger partial charge in [0.2, 0.25) is 0 Å². The summed E-state index contributed by atoms with van der Waals surface area (Å²) in [6, 6.07) is 7.95. The van der Waals surface area contributed by atoms with Gasteiger partial charge in [-0.25, -0.2) is 0 Å². The Morgan fingerprint density at radius 2 is 1.81 bits per heavy atom. The summed E-state index contributed by atoms with van der Waals surface area (Å²) in [5.41, 5.74) is 0.602. The van der Waals surface area contributed by atoms with Gasteiger partial charge in [0.15, 0.2) is 0 Å². The van der Waals surface area contributed by atoms with E-state index < -0.39 is 24.9 Å². The zero-order valence-electron chi connectivity index (χ0n) is 8.83. The van der Waals surface area contributed by atoms with Gasteiger partial charge in [-0.2, -0.15) is 13.2 Å². The molecule has 1 rings (SSSR count). The Morgan fingerprint density at radius 1 is 1.25 bits per heavy atom. The fourth-order valence-electron chi connectivity index (χ4n) is 1.33. The normalized spacial score (nSPS) is 15.8. The standard InChI is InChI=1S/C11H14F3NO/c1-8(15-7-11(12,13)14)10(16)9-5-3-2-4-6-9/h2-6,8,10,15-16H,7H2,1H3. The number of rotatable bonds is 4. The lowest BCUT2D eigenvalue weighted by Gasteiger charge is -2.21. The van der Waals surface area contributed by atoms with Gasteiger partial charge in [-0.15, -0.1) is 0 Å². The van der Waals surface area contributed by atoms with Crippen LogP contribution in [0.25, 0.3) is 0 Å². The third kappa shape index (κ3) is 4.20. The summed E-state index contributed by atoms with van der Waals surface area (Å²) in [5.74, 6) is 0. The second kappa shape index (κ2) is 5.32. The number of alkyl halides is 3. The second-order valence-corrected chi connectivity index (χ2v) is 3.64. The van der Waals surface area contributed by atoms with E-state index in [0.717, 1.165) is 0 Å². The van der Waals surface area contributed by atoms with E-state index in [4.69, 9.17) is 0 Å². The third-order valence-corrected chi connectivity index (χ3v) is 2.24. The lowest BCUT2D eigenvalue weighted by atomic mass is 10.0. The van der Waals surface area contributed by atoms with Crippen molar-refractivity contribution in [2.75, 3.05) is 6.54 Å². The van der Waals surface area contributed by atoms with E-state index in [0.29, 0.717) is 5.56 Å². The average Bonchev–Trinajstić information content (AvgIpc) is 2.25. The van der Waals surface area contributed by atoms with Crippen LogP contribution in [0.15, 0.2) is 30.3 Å². The Balaban J connectivity index is 2.52. The molecule has 0 fully saturated rings. The van der Waals surface area contributed by atoms with Crippen LogP contribution in [0, 0.1) is 0 Å². The van der Waals surface area contributed by atoms with Crippen LogP contribution in [-0.4, -0.2) is 23.9 Å². The largest absolute Gasteiger partial charge is 0.401 e. The molecule has 16 heavy (non-hydrogen) atoms. The van der Waals surface area contributed by atoms with E-state index in [1.807, 2.05) is 0 Å². The zero-order chi connectivity index (χ0) is 12.2. The average molecular weight is 233 g/mol. The quantitative estimate of drug-likeness (QED) is 0.836. The van der Waals surface area contributed by atoms with Crippen LogP contribution >= 0.6 is 0 Å². The summed E-state index contributed by atoms with van der Waals surface area (Å²) in [4.78, 5) is 0. The van der Waals surface area contributed by atoms with E-state index >= 15 is 0 Å².